The third-order valence-corrected chi connectivity index (χ3v) is 6.96. The molecule has 1 heterocycles. The van der Waals surface area contributed by atoms with Gasteiger partial charge in [-0.3, -0.25) is 4.79 Å². The molecule has 0 amide bonds. The number of allylic oxidation sites excluding steroid dienone is 2. The molecule has 33 heavy (non-hydrogen) atoms. The maximum absolute atomic E-state index is 13.5. The Kier molecular flexibility index (Phi) is 6.62. The van der Waals surface area contributed by atoms with Gasteiger partial charge in [-0.2, -0.15) is 0 Å². The van der Waals surface area contributed by atoms with Gasteiger partial charge in [-0.15, -0.1) is 0 Å². The number of carbonyl (C=O) groups excluding carboxylic acids is 3. The van der Waals surface area contributed by atoms with Gasteiger partial charge in [-0.1, -0.05) is 24.3 Å². The summed E-state index contributed by atoms with van der Waals surface area (Å²) in [6.45, 7) is 1.55. The summed E-state index contributed by atoms with van der Waals surface area (Å²) in [6, 6.07) is 11.0. The topological polar surface area (TPSA) is 90.9 Å². The van der Waals surface area contributed by atoms with Crippen LogP contribution in [0.15, 0.2) is 57.7 Å². The van der Waals surface area contributed by atoms with E-state index in [0.717, 1.165) is 5.56 Å². The SMILES string of the molecule is COC(=O)COc1c(Br)cc([C@H]2C(C(=O)OC)=C(C)NC3=C2C(=O)c2ccccc23)cc1I. The van der Waals surface area contributed by atoms with Crippen LogP contribution in [-0.2, 0) is 19.1 Å². The van der Waals surface area contributed by atoms with Crippen molar-refractivity contribution in [2.75, 3.05) is 20.8 Å². The normalized spacial score (nSPS) is 16.8. The summed E-state index contributed by atoms with van der Waals surface area (Å²) < 4.78 is 16.6. The second-order valence-electron chi connectivity index (χ2n) is 7.43. The quantitative estimate of drug-likeness (QED) is 0.391. The number of esters is 2. The molecule has 1 aliphatic heterocycles. The van der Waals surface area contributed by atoms with E-state index in [1.165, 1.54) is 14.2 Å². The largest absolute Gasteiger partial charge is 0.480 e. The average molecular weight is 624 g/mol. The molecule has 170 valence electrons. The molecule has 4 rings (SSSR count). The number of benzene rings is 2. The Bertz CT molecular complexity index is 1240. The predicted molar refractivity (Wildman–Crippen MR) is 133 cm³/mol. The number of halogens is 2. The molecular formula is C24H19BrINO6. The fraction of sp³-hybridized carbons (Fsp3) is 0.208. The summed E-state index contributed by atoms with van der Waals surface area (Å²) in [4.78, 5) is 37.8. The van der Waals surface area contributed by atoms with Crippen molar-refractivity contribution >= 4 is 61.9 Å². The van der Waals surface area contributed by atoms with Crippen molar-refractivity contribution in [3.63, 3.8) is 0 Å². The average Bonchev–Trinajstić information content (AvgIpc) is 3.08. The number of hydrogen-bond acceptors (Lipinski definition) is 7. The second-order valence-corrected chi connectivity index (χ2v) is 9.45. The van der Waals surface area contributed by atoms with Gasteiger partial charge in [0.1, 0.15) is 5.75 Å². The molecule has 1 aliphatic carbocycles. The predicted octanol–water partition coefficient (Wildman–Crippen LogP) is 4.35. The highest BCUT2D eigenvalue weighted by Crippen LogP contribution is 2.48. The molecule has 0 bridgehead atoms. The van der Waals surface area contributed by atoms with E-state index in [-0.39, 0.29) is 12.4 Å². The summed E-state index contributed by atoms with van der Waals surface area (Å²) in [7, 11) is 2.61. The van der Waals surface area contributed by atoms with E-state index in [1.54, 1.807) is 19.1 Å². The van der Waals surface area contributed by atoms with Crippen molar-refractivity contribution in [3.8, 4) is 5.75 Å². The lowest BCUT2D eigenvalue weighted by atomic mass is 9.80. The molecule has 0 spiro atoms. The Balaban J connectivity index is 1.86. The number of fused-ring (bicyclic) bond motifs is 2. The Hall–Kier alpha value is -2.66. The number of ketones is 1. The number of dihydropyridines is 1. The minimum Gasteiger partial charge on any atom is -0.480 e. The lowest BCUT2D eigenvalue weighted by Crippen LogP contribution is -2.29. The number of methoxy groups -OCH3 is 2. The first-order valence-electron chi connectivity index (χ1n) is 9.91. The number of nitrogens with one attached hydrogen (secondary N) is 1. The number of ether oxygens (including phenoxy) is 3. The van der Waals surface area contributed by atoms with Gasteiger partial charge in [0.15, 0.2) is 12.4 Å². The van der Waals surface area contributed by atoms with Crippen LogP contribution in [0, 0.1) is 3.57 Å². The molecule has 2 aliphatic rings. The van der Waals surface area contributed by atoms with Crippen molar-refractivity contribution in [3.05, 3.63) is 78.0 Å². The van der Waals surface area contributed by atoms with Crippen molar-refractivity contribution < 1.29 is 28.6 Å². The summed E-state index contributed by atoms with van der Waals surface area (Å²) >= 11 is 5.61. The van der Waals surface area contributed by atoms with Gasteiger partial charge in [0, 0.05) is 28.3 Å². The Morgan fingerprint density at radius 3 is 2.45 bits per heavy atom. The second kappa shape index (κ2) is 9.30. The lowest BCUT2D eigenvalue weighted by molar-refractivity contribution is -0.143. The number of hydrogen-bond donors (Lipinski definition) is 1. The molecule has 9 heteroatoms. The first-order chi connectivity index (χ1) is 15.8. The van der Waals surface area contributed by atoms with Gasteiger partial charge in [0.05, 0.1) is 33.5 Å². The first-order valence-corrected chi connectivity index (χ1v) is 11.8. The molecular weight excluding hydrogens is 605 g/mol. The van der Waals surface area contributed by atoms with Gasteiger partial charge in [0.25, 0.3) is 0 Å². The van der Waals surface area contributed by atoms with Crippen LogP contribution in [0.2, 0.25) is 0 Å². The zero-order valence-corrected chi connectivity index (χ0v) is 21.7. The third-order valence-electron chi connectivity index (χ3n) is 5.57. The maximum atomic E-state index is 13.5. The van der Waals surface area contributed by atoms with Crippen LogP contribution >= 0.6 is 38.5 Å². The van der Waals surface area contributed by atoms with Gasteiger partial charge in [-0.05, 0) is 63.1 Å². The van der Waals surface area contributed by atoms with Crippen molar-refractivity contribution in [1.82, 2.24) is 5.32 Å². The Morgan fingerprint density at radius 2 is 1.82 bits per heavy atom. The number of carbonyl (C=O) groups is 3. The standard InChI is InChI=1S/C24H19BrINO6/c1-11-18(24(30)32-3)19(20-21(27-11)13-6-4-5-7-14(13)22(20)29)12-8-15(25)23(16(26)9-12)33-10-17(28)31-2/h4-9,19,27H,10H2,1-3H3/t19-/m0/s1. The van der Waals surface area contributed by atoms with Gasteiger partial charge in [0.2, 0.25) is 0 Å². The molecule has 0 aromatic heterocycles. The van der Waals surface area contributed by atoms with E-state index in [1.807, 2.05) is 24.3 Å². The summed E-state index contributed by atoms with van der Waals surface area (Å²) in [6.07, 6.45) is 0. The molecule has 0 fully saturated rings. The molecule has 2 aromatic rings. The van der Waals surface area contributed by atoms with Crippen LogP contribution < -0.4 is 10.1 Å². The maximum Gasteiger partial charge on any atom is 0.343 e. The zero-order chi connectivity index (χ0) is 23.9. The van der Waals surface area contributed by atoms with E-state index in [9.17, 15) is 14.4 Å². The Morgan fingerprint density at radius 1 is 1.12 bits per heavy atom. The van der Waals surface area contributed by atoms with E-state index in [0.29, 0.717) is 47.5 Å². The monoisotopic (exact) mass is 623 g/mol. The summed E-state index contributed by atoms with van der Waals surface area (Å²) in [5, 5.41) is 3.26. The number of Topliss-reactive ketones (excluding diaryl/α,β-unsaturated/α-hetero) is 1. The smallest absolute Gasteiger partial charge is 0.343 e. The molecule has 0 unspecified atom stereocenters. The minimum absolute atomic E-state index is 0.135. The van der Waals surface area contributed by atoms with E-state index >= 15 is 0 Å². The molecule has 0 saturated heterocycles. The van der Waals surface area contributed by atoms with E-state index in [4.69, 9.17) is 9.47 Å². The van der Waals surface area contributed by atoms with Crippen LogP contribution in [0.5, 0.6) is 5.75 Å². The van der Waals surface area contributed by atoms with Gasteiger partial charge < -0.3 is 19.5 Å². The summed E-state index contributed by atoms with van der Waals surface area (Å²) in [5.41, 5.74) is 4.28. The molecule has 0 saturated carbocycles. The van der Waals surface area contributed by atoms with E-state index in [2.05, 4.69) is 48.6 Å². The third kappa shape index (κ3) is 4.08. The minimum atomic E-state index is -0.645. The van der Waals surface area contributed by atoms with Gasteiger partial charge >= 0.3 is 11.9 Å². The van der Waals surface area contributed by atoms with Crippen LogP contribution in [-0.4, -0.2) is 38.5 Å². The molecule has 0 radical (unpaired) electrons. The van der Waals surface area contributed by atoms with Crippen molar-refractivity contribution in [2.45, 2.75) is 12.8 Å². The fourth-order valence-corrected chi connectivity index (χ4v) is 5.89. The molecule has 1 atom stereocenters. The summed E-state index contributed by atoms with van der Waals surface area (Å²) in [5.74, 6) is -1.33. The highest BCUT2D eigenvalue weighted by atomic mass is 127. The van der Waals surface area contributed by atoms with E-state index < -0.39 is 17.9 Å². The van der Waals surface area contributed by atoms with Gasteiger partial charge in [-0.25, -0.2) is 9.59 Å². The molecule has 2 aromatic carbocycles. The number of rotatable bonds is 5. The highest BCUT2D eigenvalue weighted by Gasteiger charge is 2.43. The van der Waals surface area contributed by atoms with Crippen LogP contribution in [0.1, 0.15) is 34.3 Å². The van der Waals surface area contributed by atoms with Crippen molar-refractivity contribution in [2.24, 2.45) is 0 Å². The van der Waals surface area contributed by atoms with Crippen LogP contribution in [0.3, 0.4) is 0 Å². The highest BCUT2D eigenvalue weighted by molar-refractivity contribution is 14.1. The molecule has 7 nitrogen and oxygen atoms in total. The van der Waals surface area contributed by atoms with Crippen molar-refractivity contribution in [1.29, 1.82) is 0 Å². The van der Waals surface area contributed by atoms with Crippen LogP contribution in [0.25, 0.3) is 5.70 Å². The first kappa shape index (κ1) is 23.5. The lowest BCUT2D eigenvalue weighted by Gasteiger charge is -2.29. The zero-order valence-electron chi connectivity index (χ0n) is 18.0. The van der Waals surface area contributed by atoms with Crippen LogP contribution in [0.4, 0.5) is 0 Å². The fourth-order valence-electron chi connectivity index (χ4n) is 4.12. The molecule has 1 N–H and O–H groups in total. The Labute approximate surface area is 212 Å².